The summed E-state index contributed by atoms with van der Waals surface area (Å²) >= 11 is 0. The summed E-state index contributed by atoms with van der Waals surface area (Å²) in [4.78, 5) is 27.2. The molecule has 2 fully saturated rings. The van der Waals surface area contributed by atoms with E-state index in [-0.39, 0.29) is 43.7 Å². The number of amides is 2. The first-order chi connectivity index (χ1) is 9.97. The van der Waals surface area contributed by atoms with Crippen LogP contribution in [0.2, 0.25) is 0 Å². The highest BCUT2D eigenvalue weighted by Gasteiger charge is 2.28. The van der Waals surface area contributed by atoms with Crippen LogP contribution in [0.25, 0.3) is 0 Å². The van der Waals surface area contributed by atoms with E-state index < -0.39 is 0 Å². The first-order valence-electron chi connectivity index (χ1n) is 7.50. The van der Waals surface area contributed by atoms with Crippen molar-refractivity contribution in [2.24, 2.45) is 0 Å². The molecular formula is C14H25N3O4. The fourth-order valence-electron chi connectivity index (χ4n) is 2.49. The summed E-state index contributed by atoms with van der Waals surface area (Å²) in [6.45, 7) is 3.41. The Balaban J connectivity index is 1.75. The van der Waals surface area contributed by atoms with Gasteiger partial charge in [-0.1, -0.05) is 0 Å². The van der Waals surface area contributed by atoms with E-state index in [1.165, 1.54) is 4.90 Å². The number of carbonyl (C=O) groups is 2. The van der Waals surface area contributed by atoms with Crippen molar-refractivity contribution in [2.75, 3.05) is 39.8 Å². The maximum Gasteiger partial charge on any atom is 0.239 e. The summed E-state index contributed by atoms with van der Waals surface area (Å²) in [5.74, 6) is -0.191. The molecule has 7 nitrogen and oxygen atoms in total. The SMILES string of the molecule is CC1CN(CC(=O)N(C)CC(=O)NC2CC2)CC(CO)O1. The van der Waals surface area contributed by atoms with Crippen LogP contribution in [-0.2, 0) is 14.3 Å². The third-order valence-electron chi connectivity index (χ3n) is 3.71. The second-order valence-corrected chi connectivity index (χ2v) is 6.04. The lowest BCUT2D eigenvalue weighted by molar-refractivity contribution is -0.139. The van der Waals surface area contributed by atoms with Crippen molar-refractivity contribution in [3.63, 3.8) is 0 Å². The number of hydrogen-bond acceptors (Lipinski definition) is 5. The zero-order valence-corrected chi connectivity index (χ0v) is 12.7. The Labute approximate surface area is 125 Å². The van der Waals surface area contributed by atoms with E-state index in [4.69, 9.17) is 4.74 Å². The lowest BCUT2D eigenvalue weighted by atomic mass is 10.2. The Morgan fingerprint density at radius 1 is 1.38 bits per heavy atom. The third kappa shape index (κ3) is 5.26. The highest BCUT2D eigenvalue weighted by Crippen LogP contribution is 2.18. The van der Waals surface area contributed by atoms with Crippen molar-refractivity contribution in [3.8, 4) is 0 Å². The molecule has 2 aliphatic rings. The quantitative estimate of drug-likeness (QED) is 0.644. The second-order valence-electron chi connectivity index (χ2n) is 6.04. The number of aliphatic hydroxyl groups excluding tert-OH is 1. The Morgan fingerprint density at radius 2 is 2.10 bits per heavy atom. The fraction of sp³-hybridized carbons (Fsp3) is 0.857. The van der Waals surface area contributed by atoms with Crippen LogP contribution < -0.4 is 5.32 Å². The number of hydrogen-bond donors (Lipinski definition) is 2. The van der Waals surface area contributed by atoms with E-state index >= 15 is 0 Å². The van der Waals surface area contributed by atoms with Crippen molar-refractivity contribution in [2.45, 2.75) is 38.0 Å². The molecule has 120 valence electrons. The van der Waals surface area contributed by atoms with Crippen LogP contribution in [0, 0.1) is 0 Å². The average Bonchev–Trinajstić information content (AvgIpc) is 3.21. The van der Waals surface area contributed by atoms with Gasteiger partial charge in [0.25, 0.3) is 0 Å². The topological polar surface area (TPSA) is 82.1 Å². The molecule has 1 aliphatic heterocycles. The predicted molar refractivity (Wildman–Crippen MR) is 76.7 cm³/mol. The number of morpholine rings is 1. The van der Waals surface area contributed by atoms with E-state index in [9.17, 15) is 14.7 Å². The van der Waals surface area contributed by atoms with Crippen LogP contribution in [-0.4, -0.2) is 84.8 Å². The molecule has 2 N–H and O–H groups in total. The third-order valence-corrected chi connectivity index (χ3v) is 3.71. The van der Waals surface area contributed by atoms with Gasteiger partial charge in [-0.15, -0.1) is 0 Å². The predicted octanol–water partition coefficient (Wildman–Crippen LogP) is -1.19. The molecule has 7 heteroatoms. The molecule has 2 rings (SSSR count). The van der Waals surface area contributed by atoms with E-state index in [0.29, 0.717) is 19.1 Å². The number of nitrogens with one attached hydrogen (secondary N) is 1. The standard InChI is InChI=1S/C14H25N3O4/c1-10-5-17(6-12(9-18)21-10)8-14(20)16(2)7-13(19)15-11-3-4-11/h10-12,18H,3-9H2,1-2H3,(H,15,19). The lowest BCUT2D eigenvalue weighted by Gasteiger charge is -2.36. The summed E-state index contributed by atoms with van der Waals surface area (Å²) in [6.07, 6.45) is 1.83. The van der Waals surface area contributed by atoms with Gasteiger partial charge in [-0.05, 0) is 19.8 Å². The molecule has 0 bridgehead atoms. The van der Waals surface area contributed by atoms with Crippen LogP contribution in [0.1, 0.15) is 19.8 Å². The van der Waals surface area contributed by atoms with Gasteiger partial charge in [-0.3, -0.25) is 14.5 Å². The summed E-state index contributed by atoms with van der Waals surface area (Å²) in [5, 5.41) is 12.0. The van der Waals surface area contributed by atoms with Crippen molar-refractivity contribution in [3.05, 3.63) is 0 Å². The van der Waals surface area contributed by atoms with Crippen LogP contribution >= 0.6 is 0 Å². The molecule has 0 radical (unpaired) electrons. The van der Waals surface area contributed by atoms with Gasteiger partial charge < -0.3 is 20.1 Å². The van der Waals surface area contributed by atoms with Crippen LogP contribution in [0.5, 0.6) is 0 Å². The minimum absolute atomic E-state index is 0.00725. The molecule has 1 heterocycles. The zero-order chi connectivity index (χ0) is 15.4. The molecule has 2 amide bonds. The van der Waals surface area contributed by atoms with Gasteiger partial charge in [0, 0.05) is 26.2 Å². The van der Waals surface area contributed by atoms with Crippen LogP contribution in [0.15, 0.2) is 0 Å². The monoisotopic (exact) mass is 299 g/mol. The summed E-state index contributed by atoms with van der Waals surface area (Å²) in [6, 6.07) is 0.311. The largest absolute Gasteiger partial charge is 0.394 e. The van der Waals surface area contributed by atoms with E-state index in [0.717, 1.165) is 12.8 Å². The first kappa shape index (κ1) is 16.2. The molecule has 0 aromatic heterocycles. The zero-order valence-electron chi connectivity index (χ0n) is 12.7. The molecule has 2 unspecified atom stereocenters. The smallest absolute Gasteiger partial charge is 0.239 e. The Kier molecular flexibility index (Phi) is 5.55. The van der Waals surface area contributed by atoms with Gasteiger partial charge >= 0.3 is 0 Å². The fourth-order valence-corrected chi connectivity index (χ4v) is 2.49. The maximum absolute atomic E-state index is 12.2. The second kappa shape index (κ2) is 7.20. The Bertz CT molecular complexity index is 386. The first-order valence-corrected chi connectivity index (χ1v) is 7.50. The molecule has 0 aromatic carbocycles. The Morgan fingerprint density at radius 3 is 2.71 bits per heavy atom. The van der Waals surface area contributed by atoms with Gasteiger partial charge in [0.2, 0.25) is 11.8 Å². The minimum atomic E-state index is -0.245. The van der Waals surface area contributed by atoms with Crippen LogP contribution in [0.4, 0.5) is 0 Å². The lowest BCUT2D eigenvalue weighted by Crippen LogP contribution is -2.51. The molecule has 0 spiro atoms. The molecule has 1 aliphatic carbocycles. The summed E-state index contributed by atoms with van der Waals surface area (Å²) in [7, 11) is 1.64. The highest BCUT2D eigenvalue weighted by atomic mass is 16.5. The highest BCUT2D eigenvalue weighted by molar-refractivity contribution is 5.85. The van der Waals surface area contributed by atoms with Gasteiger partial charge in [0.15, 0.2) is 0 Å². The normalized spacial score (nSPS) is 26.4. The van der Waals surface area contributed by atoms with Crippen molar-refractivity contribution >= 4 is 11.8 Å². The molecule has 1 saturated carbocycles. The number of nitrogens with zero attached hydrogens (tertiary/aromatic N) is 2. The summed E-state index contributed by atoms with van der Waals surface area (Å²) in [5.41, 5.74) is 0. The number of likely N-dealkylation sites (N-methyl/N-ethyl adjacent to an activating group) is 1. The number of carbonyl (C=O) groups excluding carboxylic acids is 2. The number of ether oxygens (including phenoxy) is 1. The molecule has 1 saturated heterocycles. The molecule has 2 atom stereocenters. The van der Waals surface area contributed by atoms with Gasteiger partial charge in [0.05, 0.1) is 31.9 Å². The van der Waals surface area contributed by atoms with Crippen molar-refractivity contribution < 1.29 is 19.4 Å². The molecule has 0 aromatic rings. The molecular weight excluding hydrogens is 274 g/mol. The van der Waals surface area contributed by atoms with Gasteiger partial charge in [-0.25, -0.2) is 0 Å². The van der Waals surface area contributed by atoms with Crippen molar-refractivity contribution in [1.82, 2.24) is 15.1 Å². The minimum Gasteiger partial charge on any atom is -0.394 e. The number of rotatable bonds is 6. The molecule has 21 heavy (non-hydrogen) atoms. The van der Waals surface area contributed by atoms with E-state index in [2.05, 4.69) is 5.32 Å². The van der Waals surface area contributed by atoms with Crippen LogP contribution in [0.3, 0.4) is 0 Å². The van der Waals surface area contributed by atoms with E-state index in [1.807, 2.05) is 11.8 Å². The number of aliphatic hydroxyl groups is 1. The average molecular weight is 299 g/mol. The Hall–Kier alpha value is -1.18. The van der Waals surface area contributed by atoms with Gasteiger partial charge in [0.1, 0.15) is 0 Å². The summed E-state index contributed by atoms with van der Waals surface area (Å²) < 4.78 is 5.54. The van der Waals surface area contributed by atoms with E-state index in [1.54, 1.807) is 7.05 Å². The maximum atomic E-state index is 12.2. The van der Waals surface area contributed by atoms with Gasteiger partial charge in [-0.2, -0.15) is 0 Å². The van der Waals surface area contributed by atoms with Crippen molar-refractivity contribution in [1.29, 1.82) is 0 Å².